The SMILES string of the molecule is [B]CCC/C1=C(\C=C)C(=O)CCC(C)/C=C\[C@@H]1C. The molecule has 1 aliphatic carbocycles. The van der Waals surface area contributed by atoms with Crippen molar-refractivity contribution in [3.8, 4) is 0 Å². The molecular formula is C16H23BO. The molecule has 1 rings (SSSR count). The fourth-order valence-corrected chi connectivity index (χ4v) is 2.39. The van der Waals surface area contributed by atoms with Crippen LogP contribution >= 0.6 is 0 Å². The number of hydrogen-bond donors (Lipinski definition) is 0. The lowest BCUT2D eigenvalue weighted by Crippen LogP contribution is -2.08. The Morgan fingerprint density at radius 1 is 1.44 bits per heavy atom. The first kappa shape index (κ1) is 15.0. The molecule has 0 bridgehead atoms. The zero-order chi connectivity index (χ0) is 13.5. The van der Waals surface area contributed by atoms with Gasteiger partial charge in [0.1, 0.15) is 0 Å². The minimum Gasteiger partial charge on any atom is -0.294 e. The number of carbonyl (C=O) groups excluding carboxylic acids is 1. The third-order valence-electron chi connectivity index (χ3n) is 3.61. The van der Waals surface area contributed by atoms with Crippen molar-refractivity contribution in [2.75, 3.05) is 0 Å². The van der Waals surface area contributed by atoms with Crippen LogP contribution < -0.4 is 0 Å². The van der Waals surface area contributed by atoms with Gasteiger partial charge in [-0.15, -0.1) is 0 Å². The van der Waals surface area contributed by atoms with Crippen LogP contribution in [0.25, 0.3) is 0 Å². The van der Waals surface area contributed by atoms with Gasteiger partial charge in [0, 0.05) is 12.0 Å². The molecule has 0 amide bonds. The zero-order valence-corrected chi connectivity index (χ0v) is 11.6. The average Bonchev–Trinajstić information content (AvgIpc) is 2.41. The second-order valence-corrected chi connectivity index (χ2v) is 5.15. The first-order valence-corrected chi connectivity index (χ1v) is 6.87. The van der Waals surface area contributed by atoms with Crippen LogP contribution in [0.15, 0.2) is 36.0 Å². The largest absolute Gasteiger partial charge is 0.294 e. The summed E-state index contributed by atoms with van der Waals surface area (Å²) in [5, 5.41) is 0. The van der Waals surface area contributed by atoms with Crippen LogP contribution in [0.1, 0.15) is 39.5 Å². The predicted octanol–water partition coefficient (Wildman–Crippen LogP) is 4.03. The quantitative estimate of drug-likeness (QED) is 0.537. The van der Waals surface area contributed by atoms with Crippen LogP contribution in [0.3, 0.4) is 0 Å². The minimum absolute atomic E-state index is 0.236. The monoisotopic (exact) mass is 242 g/mol. The predicted molar refractivity (Wildman–Crippen MR) is 78.7 cm³/mol. The fourth-order valence-electron chi connectivity index (χ4n) is 2.39. The summed E-state index contributed by atoms with van der Waals surface area (Å²) in [5.41, 5.74) is 2.03. The maximum atomic E-state index is 12.2. The molecule has 0 aromatic heterocycles. The van der Waals surface area contributed by atoms with Crippen LogP contribution in [-0.2, 0) is 4.79 Å². The highest BCUT2D eigenvalue weighted by Gasteiger charge is 2.18. The van der Waals surface area contributed by atoms with Gasteiger partial charge < -0.3 is 0 Å². The molecule has 0 saturated carbocycles. The van der Waals surface area contributed by atoms with Gasteiger partial charge in [-0.25, -0.2) is 0 Å². The number of rotatable bonds is 4. The Kier molecular flexibility index (Phi) is 6.17. The van der Waals surface area contributed by atoms with E-state index in [4.69, 9.17) is 7.85 Å². The first-order valence-electron chi connectivity index (χ1n) is 6.87. The van der Waals surface area contributed by atoms with E-state index in [2.05, 4.69) is 32.6 Å². The van der Waals surface area contributed by atoms with E-state index in [1.54, 1.807) is 6.08 Å². The highest BCUT2D eigenvalue weighted by molar-refractivity contribution is 6.08. The summed E-state index contributed by atoms with van der Waals surface area (Å²) in [6.45, 7) is 8.13. The first-order chi connectivity index (χ1) is 8.60. The number of Topliss-reactive ketones (excluding diaryl/α,β-unsaturated/α-hetero) is 1. The standard InChI is InChI=1S/C16H23BO/c1-4-14-15(6-5-11-17)13(3)9-7-12(2)8-10-16(14)18/h4,7,9,12-13H,1,5-6,8,10-11H2,2-3H3/b9-7-,15-14-/t12?,13-/m0/s1. The molecule has 18 heavy (non-hydrogen) atoms. The Morgan fingerprint density at radius 3 is 2.78 bits per heavy atom. The third-order valence-corrected chi connectivity index (χ3v) is 3.61. The minimum atomic E-state index is 0.236. The average molecular weight is 242 g/mol. The molecule has 0 aromatic rings. The lowest BCUT2D eigenvalue weighted by atomic mass is 9.87. The lowest BCUT2D eigenvalue weighted by Gasteiger charge is -2.15. The summed E-state index contributed by atoms with van der Waals surface area (Å²) < 4.78 is 0. The van der Waals surface area contributed by atoms with Crippen molar-refractivity contribution < 1.29 is 4.79 Å². The van der Waals surface area contributed by atoms with Crippen molar-refractivity contribution in [3.63, 3.8) is 0 Å². The molecule has 0 aliphatic heterocycles. The topological polar surface area (TPSA) is 17.1 Å². The maximum absolute atomic E-state index is 12.2. The molecule has 2 heteroatoms. The highest BCUT2D eigenvalue weighted by atomic mass is 16.1. The molecular weight excluding hydrogens is 219 g/mol. The number of hydrogen-bond acceptors (Lipinski definition) is 1. The van der Waals surface area contributed by atoms with Gasteiger partial charge in [0.25, 0.3) is 0 Å². The van der Waals surface area contributed by atoms with E-state index in [1.165, 1.54) is 5.57 Å². The van der Waals surface area contributed by atoms with Crippen LogP contribution in [-0.4, -0.2) is 13.6 Å². The van der Waals surface area contributed by atoms with Gasteiger partial charge >= 0.3 is 0 Å². The van der Waals surface area contributed by atoms with Crippen molar-refractivity contribution in [2.45, 2.75) is 45.9 Å². The molecule has 0 heterocycles. The van der Waals surface area contributed by atoms with Crippen molar-refractivity contribution in [2.24, 2.45) is 11.8 Å². The second-order valence-electron chi connectivity index (χ2n) is 5.15. The van der Waals surface area contributed by atoms with Gasteiger partial charge in [-0.3, -0.25) is 4.79 Å². The Morgan fingerprint density at radius 2 is 2.17 bits per heavy atom. The third kappa shape index (κ3) is 4.01. The van der Waals surface area contributed by atoms with E-state index >= 15 is 0 Å². The second kappa shape index (κ2) is 7.40. The van der Waals surface area contributed by atoms with E-state index in [9.17, 15) is 4.79 Å². The maximum Gasteiger partial charge on any atom is 0.162 e. The molecule has 0 fully saturated rings. The van der Waals surface area contributed by atoms with Crippen LogP contribution in [0.5, 0.6) is 0 Å². The van der Waals surface area contributed by atoms with Crippen LogP contribution in [0.2, 0.25) is 6.32 Å². The van der Waals surface area contributed by atoms with Gasteiger partial charge in [0.15, 0.2) is 5.78 Å². The van der Waals surface area contributed by atoms with Crippen LogP contribution in [0.4, 0.5) is 0 Å². The molecule has 2 radical (unpaired) electrons. The smallest absolute Gasteiger partial charge is 0.162 e. The summed E-state index contributed by atoms with van der Waals surface area (Å²) in [7, 11) is 5.58. The van der Waals surface area contributed by atoms with Crippen molar-refractivity contribution in [1.82, 2.24) is 0 Å². The number of ketones is 1. The fraction of sp³-hybridized carbons (Fsp3) is 0.562. The molecule has 0 N–H and O–H groups in total. The summed E-state index contributed by atoms with van der Waals surface area (Å²) in [6, 6.07) is 0. The summed E-state index contributed by atoms with van der Waals surface area (Å²) in [4.78, 5) is 12.2. The summed E-state index contributed by atoms with van der Waals surface area (Å²) >= 11 is 0. The Hall–Kier alpha value is -1.05. The number of allylic oxidation sites excluding steroid dienone is 5. The number of carbonyl (C=O) groups is 1. The van der Waals surface area contributed by atoms with E-state index in [0.717, 1.165) is 24.8 Å². The Balaban J connectivity index is 3.09. The van der Waals surface area contributed by atoms with Gasteiger partial charge in [-0.2, -0.15) is 0 Å². The molecule has 1 unspecified atom stereocenters. The van der Waals surface area contributed by atoms with Gasteiger partial charge in [-0.05, 0) is 24.7 Å². The normalized spacial score (nSPS) is 31.3. The Bertz CT molecular complexity index is 365. The Labute approximate surface area is 112 Å². The zero-order valence-electron chi connectivity index (χ0n) is 11.6. The highest BCUT2D eigenvalue weighted by Crippen LogP contribution is 2.27. The van der Waals surface area contributed by atoms with Crippen LogP contribution in [0, 0.1) is 11.8 Å². The van der Waals surface area contributed by atoms with Gasteiger partial charge in [0.05, 0.1) is 7.85 Å². The molecule has 96 valence electrons. The van der Waals surface area contributed by atoms with Crippen molar-refractivity contribution >= 4 is 13.6 Å². The molecule has 0 spiro atoms. The van der Waals surface area contributed by atoms with E-state index in [0.29, 0.717) is 24.6 Å². The van der Waals surface area contributed by atoms with E-state index in [1.807, 2.05) is 0 Å². The molecule has 0 saturated heterocycles. The lowest BCUT2D eigenvalue weighted by molar-refractivity contribution is -0.115. The summed E-state index contributed by atoms with van der Waals surface area (Å²) in [6.07, 6.45) is 10.2. The summed E-state index contributed by atoms with van der Waals surface area (Å²) in [5.74, 6) is 1.00. The molecule has 1 nitrogen and oxygen atoms in total. The van der Waals surface area contributed by atoms with Gasteiger partial charge in [-0.1, -0.05) is 57.0 Å². The van der Waals surface area contributed by atoms with E-state index < -0.39 is 0 Å². The molecule has 2 atom stereocenters. The van der Waals surface area contributed by atoms with Crippen molar-refractivity contribution in [3.05, 3.63) is 36.0 Å². The van der Waals surface area contributed by atoms with Gasteiger partial charge in [0.2, 0.25) is 0 Å². The van der Waals surface area contributed by atoms with E-state index in [-0.39, 0.29) is 5.78 Å². The van der Waals surface area contributed by atoms with Crippen molar-refractivity contribution in [1.29, 1.82) is 0 Å². The molecule has 0 aromatic carbocycles. The molecule has 1 aliphatic rings.